The van der Waals surface area contributed by atoms with Gasteiger partial charge in [-0.2, -0.15) is 0 Å². The third kappa shape index (κ3) is 4.10. The Balaban J connectivity index is 1.51. The van der Waals surface area contributed by atoms with Crippen molar-refractivity contribution in [3.05, 3.63) is 35.9 Å². The molecule has 0 aromatic heterocycles. The van der Waals surface area contributed by atoms with Crippen LogP contribution < -0.4 is 0 Å². The van der Waals surface area contributed by atoms with E-state index in [1.54, 1.807) is 0 Å². The predicted molar refractivity (Wildman–Crippen MR) is 95.7 cm³/mol. The molecule has 1 aliphatic heterocycles. The Hall–Kier alpha value is -1.55. The lowest BCUT2D eigenvalue weighted by molar-refractivity contribution is 0.0275. The zero-order chi connectivity index (χ0) is 17.3. The molecule has 4 nitrogen and oxygen atoms in total. The first-order chi connectivity index (χ1) is 11.3. The second-order valence-corrected chi connectivity index (χ2v) is 8.43. The van der Waals surface area contributed by atoms with Crippen LogP contribution in [0.15, 0.2) is 30.3 Å². The van der Waals surface area contributed by atoms with Crippen LogP contribution >= 0.6 is 0 Å². The molecular weight excluding hydrogens is 300 g/mol. The van der Waals surface area contributed by atoms with Gasteiger partial charge in [0.2, 0.25) is 0 Å². The van der Waals surface area contributed by atoms with Gasteiger partial charge in [-0.15, -0.1) is 0 Å². The standard InChI is InChI=1S/C20H30N2O2/c1-20(2,3)24-19(23)22-13-16-10-18(11-17(16)14-22)21(4)12-15-8-6-5-7-9-15/h5-9,16-18H,10-14H2,1-4H3/t16-,17+,18?. The van der Waals surface area contributed by atoms with Crippen LogP contribution in [0.2, 0.25) is 0 Å². The Bertz CT molecular complexity index is 553. The summed E-state index contributed by atoms with van der Waals surface area (Å²) >= 11 is 0. The predicted octanol–water partition coefficient (Wildman–Crippen LogP) is 3.76. The fourth-order valence-corrected chi connectivity index (χ4v) is 4.10. The Morgan fingerprint density at radius 3 is 2.29 bits per heavy atom. The highest BCUT2D eigenvalue weighted by Crippen LogP contribution is 2.40. The molecule has 1 heterocycles. The maximum atomic E-state index is 12.2. The van der Waals surface area contributed by atoms with E-state index in [9.17, 15) is 4.79 Å². The van der Waals surface area contributed by atoms with Gasteiger partial charge in [-0.3, -0.25) is 4.90 Å². The molecule has 1 saturated heterocycles. The van der Waals surface area contributed by atoms with Crippen molar-refractivity contribution in [1.82, 2.24) is 9.80 Å². The molecule has 4 heteroatoms. The minimum absolute atomic E-state index is 0.147. The fourth-order valence-electron chi connectivity index (χ4n) is 4.10. The fraction of sp³-hybridized carbons (Fsp3) is 0.650. The lowest BCUT2D eigenvalue weighted by Crippen LogP contribution is -2.37. The van der Waals surface area contributed by atoms with Gasteiger partial charge < -0.3 is 9.64 Å². The summed E-state index contributed by atoms with van der Waals surface area (Å²) in [4.78, 5) is 16.6. The lowest BCUT2D eigenvalue weighted by Gasteiger charge is -2.28. The maximum absolute atomic E-state index is 12.2. The third-order valence-corrected chi connectivity index (χ3v) is 5.28. The minimum atomic E-state index is -0.410. The summed E-state index contributed by atoms with van der Waals surface area (Å²) in [5.74, 6) is 1.25. The summed E-state index contributed by atoms with van der Waals surface area (Å²) in [5.41, 5.74) is 0.958. The van der Waals surface area contributed by atoms with Crippen LogP contribution in [0.3, 0.4) is 0 Å². The smallest absolute Gasteiger partial charge is 0.410 e. The van der Waals surface area contributed by atoms with E-state index in [1.807, 2.05) is 25.7 Å². The topological polar surface area (TPSA) is 32.8 Å². The highest BCUT2D eigenvalue weighted by atomic mass is 16.6. The zero-order valence-electron chi connectivity index (χ0n) is 15.4. The van der Waals surface area contributed by atoms with Crippen molar-refractivity contribution in [2.75, 3.05) is 20.1 Å². The molecule has 2 aliphatic rings. The Morgan fingerprint density at radius 2 is 1.75 bits per heavy atom. The van der Waals surface area contributed by atoms with Gasteiger partial charge in [-0.25, -0.2) is 4.79 Å². The molecule has 1 aliphatic carbocycles. The summed E-state index contributed by atoms with van der Waals surface area (Å²) in [7, 11) is 2.23. The van der Waals surface area contributed by atoms with E-state index in [2.05, 4.69) is 42.3 Å². The molecule has 24 heavy (non-hydrogen) atoms. The zero-order valence-corrected chi connectivity index (χ0v) is 15.4. The quantitative estimate of drug-likeness (QED) is 0.846. The maximum Gasteiger partial charge on any atom is 0.410 e. The molecule has 0 spiro atoms. The van der Waals surface area contributed by atoms with E-state index in [0.717, 1.165) is 19.6 Å². The van der Waals surface area contributed by atoms with Crippen LogP contribution in [0.1, 0.15) is 39.2 Å². The number of benzene rings is 1. The Morgan fingerprint density at radius 1 is 1.17 bits per heavy atom. The number of carbonyl (C=O) groups excluding carboxylic acids is 1. The average Bonchev–Trinajstić information content (AvgIpc) is 3.05. The van der Waals surface area contributed by atoms with Gasteiger partial charge >= 0.3 is 6.09 Å². The second kappa shape index (κ2) is 6.75. The van der Waals surface area contributed by atoms with Gasteiger partial charge in [-0.05, 0) is 58.1 Å². The molecule has 0 bridgehead atoms. The van der Waals surface area contributed by atoms with E-state index in [0.29, 0.717) is 17.9 Å². The normalized spacial score (nSPS) is 26.7. The third-order valence-electron chi connectivity index (χ3n) is 5.28. The summed E-state index contributed by atoms with van der Waals surface area (Å²) in [5, 5.41) is 0. The number of rotatable bonds is 3. The highest BCUT2D eigenvalue weighted by Gasteiger charge is 2.44. The molecule has 0 N–H and O–H groups in total. The van der Waals surface area contributed by atoms with Crippen molar-refractivity contribution >= 4 is 6.09 Å². The number of hydrogen-bond donors (Lipinski definition) is 0. The molecule has 1 amide bonds. The summed E-state index contributed by atoms with van der Waals surface area (Å²) in [6.45, 7) is 8.49. The highest BCUT2D eigenvalue weighted by molar-refractivity contribution is 5.68. The minimum Gasteiger partial charge on any atom is -0.444 e. The first-order valence-corrected chi connectivity index (χ1v) is 9.04. The number of likely N-dealkylation sites (tertiary alicyclic amines) is 1. The van der Waals surface area contributed by atoms with E-state index in [1.165, 1.54) is 18.4 Å². The molecular formula is C20H30N2O2. The van der Waals surface area contributed by atoms with E-state index in [-0.39, 0.29) is 6.09 Å². The average molecular weight is 330 g/mol. The molecule has 3 rings (SSSR count). The number of nitrogens with zero attached hydrogens (tertiary/aromatic N) is 2. The van der Waals surface area contributed by atoms with Crippen molar-refractivity contribution < 1.29 is 9.53 Å². The van der Waals surface area contributed by atoms with Gasteiger partial charge in [0.15, 0.2) is 0 Å². The molecule has 2 fully saturated rings. The van der Waals surface area contributed by atoms with E-state index >= 15 is 0 Å². The number of ether oxygens (including phenoxy) is 1. The van der Waals surface area contributed by atoms with Gasteiger partial charge in [0.05, 0.1) is 0 Å². The van der Waals surface area contributed by atoms with Gasteiger partial charge in [0, 0.05) is 25.7 Å². The molecule has 1 aromatic carbocycles. The largest absolute Gasteiger partial charge is 0.444 e. The molecule has 1 saturated carbocycles. The van der Waals surface area contributed by atoms with Crippen LogP contribution in [0.25, 0.3) is 0 Å². The summed E-state index contributed by atoms with van der Waals surface area (Å²) in [6, 6.07) is 11.3. The van der Waals surface area contributed by atoms with Crippen molar-refractivity contribution in [3.63, 3.8) is 0 Å². The first-order valence-electron chi connectivity index (χ1n) is 9.04. The SMILES string of the molecule is CN(Cc1ccccc1)C1C[C@@H]2CN(C(=O)OC(C)(C)C)C[C@@H]2C1. The monoisotopic (exact) mass is 330 g/mol. The van der Waals surface area contributed by atoms with E-state index < -0.39 is 5.60 Å². The van der Waals surface area contributed by atoms with Crippen molar-refractivity contribution in [3.8, 4) is 0 Å². The van der Waals surface area contributed by atoms with Gasteiger partial charge in [-0.1, -0.05) is 30.3 Å². The van der Waals surface area contributed by atoms with Crippen molar-refractivity contribution in [2.45, 2.75) is 51.8 Å². The van der Waals surface area contributed by atoms with Crippen LogP contribution in [-0.2, 0) is 11.3 Å². The molecule has 1 unspecified atom stereocenters. The van der Waals surface area contributed by atoms with Crippen LogP contribution in [-0.4, -0.2) is 47.7 Å². The first kappa shape index (κ1) is 17.3. The second-order valence-electron chi connectivity index (χ2n) is 8.43. The van der Waals surface area contributed by atoms with Crippen molar-refractivity contribution in [1.29, 1.82) is 0 Å². The van der Waals surface area contributed by atoms with Crippen LogP contribution in [0, 0.1) is 11.8 Å². The Labute approximate surface area is 145 Å². The number of amides is 1. The molecule has 3 atom stereocenters. The molecule has 132 valence electrons. The van der Waals surface area contributed by atoms with Crippen LogP contribution in [0.5, 0.6) is 0 Å². The number of hydrogen-bond acceptors (Lipinski definition) is 3. The van der Waals surface area contributed by atoms with Gasteiger partial charge in [0.1, 0.15) is 5.60 Å². The lowest BCUT2D eigenvalue weighted by atomic mass is 10.0. The van der Waals surface area contributed by atoms with Crippen LogP contribution in [0.4, 0.5) is 4.79 Å². The van der Waals surface area contributed by atoms with Gasteiger partial charge in [0.25, 0.3) is 0 Å². The summed E-state index contributed by atoms with van der Waals surface area (Å²) < 4.78 is 5.52. The van der Waals surface area contributed by atoms with E-state index in [4.69, 9.17) is 4.74 Å². The molecule has 1 aromatic rings. The number of carbonyl (C=O) groups is 1. The summed E-state index contributed by atoms with van der Waals surface area (Å²) in [6.07, 6.45) is 2.23. The Kier molecular flexibility index (Phi) is 4.86. The number of fused-ring (bicyclic) bond motifs is 1. The molecule has 0 radical (unpaired) electrons. The van der Waals surface area contributed by atoms with Crippen molar-refractivity contribution in [2.24, 2.45) is 11.8 Å².